The molecule has 0 aromatic heterocycles. The largest absolute Gasteiger partial charge is 0.355 e. The third-order valence-corrected chi connectivity index (χ3v) is 9.05. The molecule has 7 aromatic carbocycles. The lowest BCUT2D eigenvalue weighted by Crippen LogP contribution is -2.28. The summed E-state index contributed by atoms with van der Waals surface area (Å²) in [5.41, 5.74) is 13.3. The van der Waals surface area contributed by atoms with Crippen LogP contribution in [-0.2, 0) is 5.41 Å². The van der Waals surface area contributed by atoms with Gasteiger partial charge in [0, 0.05) is 16.9 Å². The summed E-state index contributed by atoms with van der Waals surface area (Å²) in [6.45, 7) is 2.24. The molecule has 1 aliphatic rings. The standard InChI is InChI=1S/C42H31N/c1-29-14-13-23-37-40(29)36-26-25-34(28-38(36)42(37,32-18-7-3-8-19-32)33-20-9-4-10-21-33)43-39-27-24-30-15-11-12-22-35(30)41(39)31-16-5-2-6-17-31/h2-28,43H,1H3. The first-order chi connectivity index (χ1) is 21.2. The maximum absolute atomic E-state index is 3.87. The molecule has 0 radical (unpaired) electrons. The minimum atomic E-state index is -0.428. The van der Waals surface area contributed by atoms with Gasteiger partial charge in [-0.15, -0.1) is 0 Å². The van der Waals surface area contributed by atoms with Crippen molar-refractivity contribution in [1.29, 1.82) is 0 Å². The summed E-state index contributed by atoms with van der Waals surface area (Å²) < 4.78 is 0. The van der Waals surface area contributed by atoms with Gasteiger partial charge in [0.2, 0.25) is 0 Å². The summed E-state index contributed by atoms with van der Waals surface area (Å²) in [5, 5.41) is 6.35. The molecule has 0 saturated heterocycles. The smallest absolute Gasteiger partial charge is 0.0714 e. The first-order valence-corrected chi connectivity index (χ1v) is 15.0. The number of aryl methyl sites for hydroxylation is 1. The van der Waals surface area contributed by atoms with Crippen LogP contribution in [0.1, 0.15) is 27.8 Å². The molecule has 7 aromatic rings. The fraction of sp³-hybridized carbons (Fsp3) is 0.0476. The van der Waals surface area contributed by atoms with Gasteiger partial charge in [0.15, 0.2) is 0 Å². The zero-order valence-electron chi connectivity index (χ0n) is 24.1. The first kappa shape index (κ1) is 25.3. The molecule has 1 nitrogen and oxygen atoms in total. The van der Waals surface area contributed by atoms with E-state index in [1.54, 1.807) is 0 Å². The lowest BCUT2D eigenvalue weighted by atomic mass is 9.67. The van der Waals surface area contributed by atoms with Gasteiger partial charge < -0.3 is 5.32 Å². The van der Waals surface area contributed by atoms with E-state index in [0.29, 0.717) is 0 Å². The van der Waals surface area contributed by atoms with Crippen LogP contribution in [0.4, 0.5) is 11.4 Å². The Morgan fingerprint density at radius 3 is 1.86 bits per heavy atom. The summed E-state index contributed by atoms with van der Waals surface area (Å²) in [4.78, 5) is 0. The van der Waals surface area contributed by atoms with Crippen molar-refractivity contribution in [3.05, 3.63) is 192 Å². The van der Waals surface area contributed by atoms with E-state index in [1.165, 1.54) is 60.8 Å². The average Bonchev–Trinajstić information content (AvgIpc) is 3.37. The molecule has 0 atom stereocenters. The van der Waals surface area contributed by atoms with Crippen molar-refractivity contribution in [3.8, 4) is 22.3 Å². The van der Waals surface area contributed by atoms with Crippen LogP contribution in [0, 0.1) is 6.92 Å². The highest BCUT2D eigenvalue weighted by Crippen LogP contribution is 2.57. The minimum Gasteiger partial charge on any atom is -0.355 e. The number of benzene rings is 7. The maximum Gasteiger partial charge on any atom is 0.0714 e. The molecule has 1 heteroatoms. The number of hydrogen-bond donors (Lipinski definition) is 1. The first-order valence-electron chi connectivity index (χ1n) is 15.0. The summed E-state index contributed by atoms with van der Waals surface area (Å²) >= 11 is 0. The van der Waals surface area contributed by atoms with Gasteiger partial charge in [-0.2, -0.15) is 0 Å². The van der Waals surface area contributed by atoms with Crippen LogP contribution >= 0.6 is 0 Å². The number of nitrogens with one attached hydrogen (secondary N) is 1. The molecule has 0 bridgehead atoms. The monoisotopic (exact) mass is 549 g/mol. The molecule has 43 heavy (non-hydrogen) atoms. The zero-order valence-corrected chi connectivity index (χ0v) is 24.1. The van der Waals surface area contributed by atoms with Crippen molar-refractivity contribution < 1.29 is 0 Å². The van der Waals surface area contributed by atoms with Crippen LogP contribution in [0.25, 0.3) is 33.0 Å². The Morgan fingerprint density at radius 1 is 0.488 bits per heavy atom. The van der Waals surface area contributed by atoms with E-state index >= 15 is 0 Å². The molecular formula is C42H31N. The summed E-state index contributed by atoms with van der Waals surface area (Å²) in [6, 6.07) is 59.5. The molecule has 0 amide bonds. The van der Waals surface area contributed by atoms with Crippen molar-refractivity contribution in [3.63, 3.8) is 0 Å². The molecule has 0 fully saturated rings. The Labute approximate surface area is 253 Å². The van der Waals surface area contributed by atoms with Gasteiger partial charge in [-0.1, -0.05) is 146 Å². The number of rotatable bonds is 5. The van der Waals surface area contributed by atoms with E-state index in [4.69, 9.17) is 0 Å². The van der Waals surface area contributed by atoms with Crippen LogP contribution in [-0.4, -0.2) is 0 Å². The van der Waals surface area contributed by atoms with Gasteiger partial charge in [-0.3, -0.25) is 0 Å². The van der Waals surface area contributed by atoms with E-state index in [9.17, 15) is 0 Å². The Kier molecular flexibility index (Phi) is 5.98. The Hall–Kier alpha value is -5.40. The van der Waals surface area contributed by atoms with Gasteiger partial charge in [0.05, 0.1) is 5.41 Å². The lowest BCUT2D eigenvalue weighted by molar-refractivity contribution is 0.768. The molecule has 0 unspecified atom stereocenters. The molecule has 0 saturated carbocycles. The Bertz CT molecular complexity index is 2050. The number of hydrogen-bond acceptors (Lipinski definition) is 1. The highest BCUT2D eigenvalue weighted by Gasteiger charge is 2.46. The van der Waals surface area contributed by atoms with Crippen LogP contribution < -0.4 is 5.32 Å². The molecular weight excluding hydrogens is 518 g/mol. The van der Waals surface area contributed by atoms with Crippen LogP contribution in [0.5, 0.6) is 0 Å². The maximum atomic E-state index is 3.87. The molecule has 0 aliphatic heterocycles. The molecule has 0 heterocycles. The lowest BCUT2D eigenvalue weighted by Gasteiger charge is -2.34. The Balaban J connectivity index is 1.37. The Morgan fingerprint density at radius 2 is 1.14 bits per heavy atom. The summed E-state index contributed by atoms with van der Waals surface area (Å²) in [6.07, 6.45) is 0. The molecule has 1 aliphatic carbocycles. The highest BCUT2D eigenvalue weighted by molar-refractivity contribution is 6.03. The quantitative estimate of drug-likeness (QED) is 0.225. The third-order valence-electron chi connectivity index (χ3n) is 9.05. The molecule has 204 valence electrons. The van der Waals surface area contributed by atoms with Crippen LogP contribution in [0.2, 0.25) is 0 Å². The minimum absolute atomic E-state index is 0.428. The van der Waals surface area contributed by atoms with Crippen molar-refractivity contribution in [2.45, 2.75) is 12.3 Å². The SMILES string of the molecule is Cc1cccc2c1-c1ccc(Nc3ccc4ccccc4c3-c3ccccc3)cc1C2(c1ccccc1)c1ccccc1. The van der Waals surface area contributed by atoms with Gasteiger partial charge in [-0.05, 0) is 80.4 Å². The van der Waals surface area contributed by atoms with Crippen LogP contribution in [0.15, 0.2) is 164 Å². The predicted molar refractivity (Wildman–Crippen MR) is 181 cm³/mol. The average molecular weight is 550 g/mol. The van der Waals surface area contributed by atoms with E-state index < -0.39 is 5.41 Å². The van der Waals surface area contributed by atoms with Crippen molar-refractivity contribution in [2.75, 3.05) is 5.32 Å². The topological polar surface area (TPSA) is 12.0 Å². The highest BCUT2D eigenvalue weighted by atomic mass is 14.9. The van der Waals surface area contributed by atoms with Gasteiger partial charge >= 0.3 is 0 Å². The second-order valence-corrected chi connectivity index (χ2v) is 11.4. The van der Waals surface area contributed by atoms with Crippen molar-refractivity contribution in [1.82, 2.24) is 0 Å². The number of fused-ring (bicyclic) bond motifs is 4. The van der Waals surface area contributed by atoms with E-state index in [1.807, 2.05) is 0 Å². The van der Waals surface area contributed by atoms with E-state index in [-0.39, 0.29) is 0 Å². The normalized spacial score (nSPS) is 13.0. The third kappa shape index (κ3) is 3.93. The second kappa shape index (κ2) is 10.2. The molecule has 0 spiro atoms. The predicted octanol–water partition coefficient (Wildman–Crippen LogP) is 10.9. The van der Waals surface area contributed by atoms with Crippen molar-refractivity contribution in [2.24, 2.45) is 0 Å². The summed E-state index contributed by atoms with van der Waals surface area (Å²) in [5.74, 6) is 0. The fourth-order valence-electron chi connectivity index (χ4n) is 7.25. The van der Waals surface area contributed by atoms with E-state index in [0.717, 1.165) is 11.4 Å². The molecule has 8 rings (SSSR count). The second-order valence-electron chi connectivity index (χ2n) is 11.4. The fourth-order valence-corrected chi connectivity index (χ4v) is 7.25. The van der Waals surface area contributed by atoms with Crippen LogP contribution in [0.3, 0.4) is 0 Å². The summed E-state index contributed by atoms with van der Waals surface area (Å²) in [7, 11) is 0. The number of anilines is 2. The van der Waals surface area contributed by atoms with Gasteiger partial charge in [0.25, 0.3) is 0 Å². The molecule has 1 N–H and O–H groups in total. The van der Waals surface area contributed by atoms with Gasteiger partial charge in [0.1, 0.15) is 0 Å². The van der Waals surface area contributed by atoms with Crippen molar-refractivity contribution >= 4 is 22.1 Å². The zero-order chi connectivity index (χ0) is 28.8. The van der Waals surface area contributed by atoms with Gasteiger partial charge in [-0.25, -0.2) is 0 Å². The van der Waals surface area contributed by atoms with E-state index in [2.05, 4.69) is 176 Å².